The summed E-state index contributed by atoms with van der Waals surface area (Å²) in [5, 5.41) is 10.7. The molecule has 1 amide bonds. The van der Waals surface area contributed by atoms with E-state index in [-0.39, 0.29) is 33.4 Å². The fraction of sp³-hybridized carbons (Fsp3) is 0.381. The molecule has 0 aliphatic heterocycles. The van der Waals surface area contributed by atoms with Crippen molar-refractivity contribution in [3.05, 3.63) is 47.0 Å². The molecule has 156 valence electrons. The Hall–Kier alpha value is -2.09. The molecular weight excluding hydrogens is 412 g/mol. The summed E-state index contributed by atoms with van der Waals surface area (Å²) in [7, 11) is -2.37. The van der Waals surface area contributed by atoms with Gasteiger partial charge in [0.15, 0.2) is 0 Å². The van der Waals surface area contributed by atoms with Gasteiger partial charge >= 0.3 is 0 Å². The third-order valence-corrected chi connectivity index (χ3v) is 7.70. The number of nitrogens with two attached hydrogens (primary N) is 1. The maximum Gasteiger partial charge on any atom is 0.249 e. The van der Waals surface area contributed by atoms with E-state index >= 15 is 0 Å². The summed E-state index contributed by atoms with van der Waals surface area (Å²) < 4.78 is 28.5. The lowest BCUT2D eigenvalue weighted by Crippen LogP contribution is -2.37. The van der Waals surface area contributed by atoms with Crippen molar-refractivity contribution in [2.75, 3.05) is 7.05 Å². The Morgan fingerprint density at radius 1 is 1.14 bits per heavy atom. The monoisotopic (exact) mass is 436 g/mol. The van der Waals surface area contributed by atoms with Gasteiger partial charge in [0, 0.05) is 34.8 Å². The number of rotatable bonds is 5. The lowest BCUT2D eigenvalue weighted by Gasteiger charge is -2.28. The van der Waals surface area contributed by atoms with Crippen molar-refractivity contribution in [2.45, 2.75) is 49.5 Å². The standard InChI is InChI=1S/C21H25ClN2O4S/c1-24(15-7-4-2-3-5-8-15)29(27,28)19-10-6-9-16(21(23)26)20(19)17-13-14(22)11-12-18(17)25/h6,9-13,15,25H,2-5,7-8H2,1H3,(H2,23,26). The van der Waals surface area contributed by atoms with Crippen molar-refractivity contribution >= 4 is 27.5 Å². The van der Waals surface area contributed by atoms with Gasteiger partial charge in [0.2, 0.25) is 15.9 Å². The number of hydrogen-bond acceptors (Lipinski definition) is 4. The molecule has 6 nitrogen and oxygen atoms in total. The molecule has 0 bridgehead atoms. The lowest BCUT2D eigenvalue weighted by molar-refractivity contribution is 0.100. The second kappa shape index (κ2) is 8.73. The molecule has 1 aliphatic rings. The number of aromatic hydroxyl groups is 1. The second-order valence-corrected chi connectivity index (χ2v) is 9.77. The molecule has 0 atom stereocenters. The summed E-state index contributed by atoms with van der Waals surface area (Å²) >= 11 is 6.08. The van der Waals surface area contributed by atoms with Crippen LogP contribution in [0.3, 0.4) is 0 Å². The average Bonchev–Trinajstić information content (AvgIpc) is 2.98. The van der Waals surface area contributed by atoms with Gasteiger partial charge in [0.25, 0.3) is 0 Å². The number of halogens is 1. The first kappa shape index (κ1) is 21.6. The predicted octanol–water partition coefficient (Wildman–Crippen LogP) is 4.15. The van der Waals surface area contributed by atoms with Crippen molar-refractivity contribution in [3.8, 4) is 16.9 Å². The van der Waals surface area contributed by atoms with Gasteiger partial charge in [-0.25, -0.2) is 8.42 Å². The minimum Gasteiger partial charge on any atom is -0.507 e. The topological polar surface area (TPSA) is 101 Å². The van der Waals surface area contributed by atoms with Gasteiger partial charge in [-0.15, -0.1) is 0 Å². The van der Waals surface area contributed by atoms with Crippen LogP contribution in [0.4, 0.5) is 0 Å². The van der Waals surface area contributed by atoms with E-state index < -0.39 is 15.9 Å². The smallest absolute Gasteiger partial charge is 0.249 e. The van der Waals surface area contributed by atoms with Crippen LogP contribution in [-0.4, -0.2) is 36.8 Å². The average molecular weight is 437 g/mol. The SMILES string of the molecule is CN(C1CCCCCC1)S(=O)(=O)c1cccc(C(N)=O)c1-c1cc(Cl)ccc1O. The first-order valence-electron chi connectivity index (χ1n) is 9.63. The molecule has 29 heavy (non-hydrogen) atoms. The Labute approximate surface area is 176 Å². The summed E-state index contributed by atoms with van der Waals surface area (Å²) in [6, 6.07) is 8.54. The van der Waals surface area contributed by atoms with Crippen LogP contribution in [-0.2, 0) is 10.0 Å². The van der Waals surface area contributed by atoms with Gasteiger partial charge in [-0.3, -0.25) is 4.79 Å². The van der Waals surface area contributed by atoms with Crippen LogP contribution in [0.2, 0.25) is 5.02 Å². The zero-order chi connectivity index (χ0) is 21.2. The largest absolute Gasteiger partial charge is 0.507 e. The molecule has 0 spiro atoms. The first-order valence-corrected chi connectivity index (χ1v) is 11.4. The molecule has 8 heteroatoms. The second-order valence-electron chi connectivity index (χ2n) is 7.37. The Kier molecular flexibility index (Phi) is 6.51. The van der Waals surface area contributed by atoms with Crippen LogP contribution >= 0.6 is 11.6 Å². The molecule has 0 aromatic heterocycles. The fourth-order valence-corrected chi connectivity index (χ4v) is 5.72. The number of sulfonamides is 1. The van der Waals surface area contributed by atoms with Gasteiger partial charge in [-0.2, -0.15) is 4.31 Å². The van der Waals surface area contributed by atoms with Crippen LogP contribution in [0.15, 0.2) is 41.3 Å². The number of phenols is 1. The highest BCUT2D eigenvalue weighted by Crippen LogP contribution is 2.39. The van der Waals surface area contributed by atoms with E-state index in [2.05, 4.69) is 0 Å². The number of nitrogens with zero attached hydrogens (tertiary/aromatic N) is 1. The normalized spacial score (nSPS) is 16.0. The molecule has 0 heterocycles. The molecule has 0 saturated heterocycles. The maximum absolute atomic E-state index is 13.6. The Balaban J connectivity index is 2.20. The van der Waals surface area contributed by atoms with Crippen LogP contribution in [0.1, 0.15) is 48.9 Å². The molecule has 2 aromatic carbocycles. The minimum atomic E-state index is -3.95. The van der Waals surface area contributed by atoms with Crippen molar-refractivity contribution in [1.29, 1.82) is 0 Å². The van der Waals surface area contributed by atoms with Crippen LogP contribution in [0.5, 0.6) is 5.75 Å². The molecule has 3 rings (SSSR count). The van der Waals surface area contributed by atoms with Gasteiger partial charge < -0.3 is 10.8 Å². The van der Waals surface area contributed by atoms with E-state index in [0.717, 1.165) is 38.5 Å². The van der Waals surface area contributed by atoms with Crippen LogP contribution in [0.25, 0.3) is 11.1 Å². The predicted molar refractivity (Wildman–Crippen MR) is 114 cm³/mol. The zero-order valence-electron chi connectivity index (χ0n) is 16.3. The van der Waals surface area contributed by atoms with Crippen molar-refractivity contribution in [2.24, 2.45) is 5.73 Å². The molecular formula is C21H25ClN2O4S. The van der Waals surface area contributed by atoms with E-state index in [9.17, 15) is 18.3 Å². The van der Waals surface area contributed by atoms with Gasteiger partial charge in [0.05, 0.1) is 4.90 Å². The summed E-state index contributed by atoms with van der Waals surface area (Å²) in [6.07, 6.45) is 5.75. The summed E-state index contributed by atoms with van der Waals surface area (Å²) in [4.78, 5) is 12.0. The van der Waals surface area contributed by atoms with Crippen molar-refractivity contribution in [3.63, 3.8) is 0 Å². The highest BCUT2D eigenvalue weighted by atomic mass is 35.5. The third kappa shape index (κ3) is 4.42. The number of hydrogen-bond donors (Lipinski definition) is 2. The van der Waals surface area contributed by atoms with E-state index in [1.807, 2.05) is 0 Å². The summed E-state index contributed by atoms with van der Waals surface area (Å²) in [6.45, 7) is 0. The molecule has 0 radical (unpaired) electrons. The maximum atomic E-state index is 13.6. The number of primary amides is 1. The van der Waals surface area contributed by atoms with Crippen LogP contribution < -0.4 is 5.73 Å². The minimum absolute atomic E-state index is 0.0120. The first-order chi connectivity index (χ1) is 13.7. The number of carbonyl (C=O) groups is 1. The molecule has 0 unspecified atom stereocenters. The number of benzene rings is 2. The van der Waals surface area contributed by atoms with E-state index in [0.29, 0.717) is 5.02 Å². The number of carbonyl (C=O) groups excluding carboxylic acids is 1. The molecule has 2 aromatic rings. The van der Waals surface area contributed by atoms with E-state index in [4.69, 9.17) is 17.3 Å². The number of amides is 1. The summed E-state index contributed by atoms with van der Waals surface area (Å²) in [5.74, 6) is -0.967. The van der Waals surface area contributed by atoms with Crippen molar-refractivity contribution < 1.29 is 18.3 Å². The highest BCUT2D eigenvalue weighted by Gasteiger charge is 2.32. The Morgan fingerprint density at radius 2 is 1.79 bits per heavy atom. The third-order valence-electron chi connectivity index (χ3n) is 5.52. The van der Waals surface area contributed by atoms with E-state index in [1.165, 1.54) is 40.7 Å². The van der Waals surface area contributed by atoms with Crippen molar-refractivity contribution in [1.82, 2.24) is 4.31 Å². The van der Waals surface area contributed by atoms with Gasteiger partial charge in [-0.05, 0) is 43.2 Å². The number of phenolic OH excluding ortho intramolecular Hbond substituents is 1. The lowest BCUT2D eigenvalue weighted by atomic mass is 9.98. The molecule has 1 saturated carbocycles. The Morgan fingerprint density at radius 3 is 2.41 bits per heavy atom. The Bertz CT molecular complexity index is 1020. The quantitative estimate of drug-likeness (QED) is 0.687. The van der Waals surface area contributed by atoms with Gasteiger partial charge in [-0.1, -0.05) is 43.4 Å². The highest BCUT2D eigenvalue weighted by molar-refractivity contribution is 7.89. The van der Waals surface area contributed by atoms with Gasteiger partial charge in [0.1, 0.15) is 5.75 Å². The molecule has 1 fully saturated rings. The van der Waals surface area contributed by atoms with E-state index in [1.54, 1.807) is 7.05 Å². The van der Waals surface area contributed by atoms with Crippen LogP contribution in [0, 0.1) is 0 Å². The molecule has 1 aliphatic carbocycles. The molecule has 3 N–H and O–H groups in total. The summed E-state index contributed by atoms with van der Waals surface area (Å²) in [5.41, 5.74) is 5.76. The fourth-order valence-electron chi connectivity index (χ4n) is 3.91. The zero-order valence-corrected chi connectivity index (χ0v) is 17.8.